The molecule has 1 N–H and O–H groups in total. The number of rotatable bonds is 5. The van der Waals surface area contributed by atoms with Crippen molar-refractivity contribution in [3.8, 4) is 11.5 Å². The molecule has 3 rings (SSSR count). The fourth-order valence-electron chi connectivity index (χ4n) is 5.02. The highest BCUT2D eigenvalue weighted by Gasteiger charge is 2.45. The Morgan fingerprint density at radius 1 is 1.17 bits per heavy atom. The zero-order valence-electron chi connectivity index (χ0n) is 16.1. The van der Waals surface area contributed by atoms with Crippen LogP contribution in [0.25, 0.3) is 0 Å². The predicted molar refractivity (Wildman–Crippen MR) is 99.1 cm³/mol. The topological polar surface area (TPSA) is 30.5 Å². The number of benzene rings is 1. The molecule has 1 fully saturated rings. The molecule has 0 bridgehead atoms. The average Bonchev–Trinajstić information content (AvgIpc) is 2.55. The highest BCUT2D eigenvalue weighted by atomic mass is 16.5. The minimum Gasteiger partial charge on any atom is -0.493 e. The summed E-state index contributed by atoms with van der Waals surface area (Å²) < 4.78 is 11.0. The van der Waals surface area contributed by atoms with Gasteiger partial charge in [0.1, 0.15) is 0 Å². The highest BCUT2D eigenvalue weighted by molar-refractivity contribution is 5.53. The molecule has 2 aliphatic carbocycles. The summed E-state index contributed by atoms with van der Waals surface area (Å²) in [6, 6.07) is 4.40. The third-order valence-corrected chi connectivity index (χ3v) is 6.73. The van der Waals surface area contributed by atoms with Crippen LogP contribution in [0.3, 0.4) is 0 Å². The summed E-state index contributed by atoms with van der Waals surface area (Å²) in [5.41, 5.74) is 3.21. The first kappa shape index (κ1) is 17.6. The summed E-state index contributed by atoms with van der Waals surface area (Å²) in [5.74, 6) is 4.72. The molecular weight excluding hydrogens is 298 g/mol. The van der Waals surface area contributed by atoms with E-state index in [4.69, 9.17) is 9.47 Å². The number of ether oxygens (including phenoxy) is 2. The van der Waals surface area contributed by atoms with Crippen molar-refractivity contribution >= 4 is 0 Å². The zero-order valence-corrected chi connectivity index (χ0v) is 16.1. The molecule has 1 aromatic rings. The fraction of sp³-hybridized carbons (Fsp3) is 0.714. The van der Waals surface area contributed by atoms with Crippen LogP contribution in [0.1, 0.15) is 57.1 Å². The fourth-order valence-corrected chi connectivity index (χ4v) is 5.02. The molecule has 0 aromatic heterocycles. The maximum Gasteiger partial charge on any atom is 0.161 e. The van der Waals surface area contributed by atoms with Gasteiger partial charge in [-0.25, -0.2) is 0 Å². The molecule has 1 saturated carbocycles. The Bertz CT molecular complexity index is 598. The molecule has 4 atom stereocenters. The summed E-state index contributed by atoms with van der Waals surface area (Å²) in [7, 11) is 5.57. The van der Waals surface area contributed by atoms with Crippen LogP contribution in [-0.2, 0) is 6.42 Å². The summed E-state index contributed by atoms with van der Waals surface area (Å²) in [6.07, 6.45) is 5.07. The summed E-state index contributed by atoms with van der Waals surface area (Å²) in [4.78, 5) is 0. The largest absolute Gasteiger partial charge is 0.493 e. The van der Waals surface area contributed by atoms with Crippen molar-refractivity contribution in [1.82, 2.24) is 5.32 Å². The quantitative estimate of drug-likeness (QED) is 0.868. The minimum atomic E-state index is 0.280. The summed E-state index contributed by atoms with van der Waals surface area (Å²) >= 11 is 0. The zero-order chi connectivity index (χ0) is 17.5. The Morgan fingerprint density at radius 3 is 2.42 bits per heavy atom. The van der Waals surface area contributed by atoms with Crippen molar-refractivity contribution in [2.75, 3.05) is 21.3 Å². The van der Waals surface area contributed by atoms with Gasteiger partial charge in [0, 0.05) is 5.54 Å². The van der Waals surface area contributed by atoms with Gasteiger partial charge in [0.05, 0.1) is 14.2 Å². The van der Waals surface area contributed by atoms with E-state index in [0.29, 0.717) is 5.92 Å². The van der Waals surface area contributed by atoms with E-state index in [1.807, 2.05) is 0 Å². The van der Waals surface area contributed by atoms with Gasteiger partial charge in [0.2, 0.25) is 0 Å². The Balaban J connectivity index is 1.90. The lowest BCUT2D eigenvalue weighted by Crippen LogP contribution is -2.49. The van der Waals surface area contributed by atoms with E-state index in [0.717, 1.165) is 29.3 Å². The molecule has 0 spiro atoms. The van der Waals surface area contributed by atoms with Crippen LogP contribution in [0.4, 0.5) is 0 Å². The van der Waals surface area contributed by atoms with E-state index in [9.17, 15) is 0 Å². The Kier molecular flexibility index (Phi) is 4.83. The van der Waals surface area contributed by atoms with E-state index >= 15 is 0 Å². The van der Waals surface area contributed by atoms with Gasteiger partial charge in [-0.3, -0.25) is 0 Å². The van der Waals surface area contributed by atoms with Crippen LogP contribution < -0.4 is 14.8 Å². The number of nitrogens with one attached hydrogen (secondary N) is 1. The standard InChI is InChI=1S/C21H33NO2/c1-13(2)15-7-8-21(3,22-4)12-18(15)17-9-14-10-19(23-5)20(24-6)11-16(14)17/h10-11,13,15,17-18,22H,7-9,12H2,1-6H3. The predicted octanol–water partition coefficient (Wildman–Crippen LogP) is 4.39. The van der Waals surface area contributed by atoms with Crippen LogP contribution in [0, 0.1) is 17.8 Å². The lowest BCUT2D eigenvalue weighted by Gasteiger charge is -2.50. The SMILES string of the molecule is CNC1(C)CCC(C(C)C)C(C2Cc3cc(OC)c(OC)cc32)C1. The van der Waals surface area contributed by atoms with Gasteiger partial charge in [0.25, 0.3) is 0 Å². The van der Waals surface area contributed by atoms with E-state index in [2.05, 4.69) is 45.3 Å². The third-order valence-electron chi connectivity index (χ3n) is 6.73. The molecule has 2 aliphatic rings. The van der Waals surface area contributed by atoms with E-state index in [-0.39, 0.29) is 5.54 Å². The van der Waals surface area contributed by atoms with Crippen LogP contribution in [-0.4, -0.2) is 26.8 Å². The molecule has 0 radical (unpaired) electrons. The Hall–Kier alpha value is -1.22. The summed E-state index contributed by atoms with van der Waals surface area (Å²) in [5, 5.41) is 3.59. The number of fused-ring (bicyclic) bond motifs is 1. The summed E-state index contributed by atoms with van der Waals surface area (Å²) in [6.45, 7) is 7.19. The second-order valence-electron chi connectivity index (χ2n) is 8.34. The van der Waals surface area contributed by atoms with Crippen LogP contribution in [0.2, 0.25) is 0 Å². The molecule has 0 heterocycles. The van der Waals surface area contributed by atoms with Crippen molar-refractivity contribution in [3.05, 3.63) is 23.3 Å². The normalized spacial score (nSPS) is 32.2. The van der Waals surface area contributed by atoms with E-state index in [1.54, 1.807) is 14.2 Å². The minimum absolute atomic E-state index is 0.280. The van der Waals surface area contributed by atoms with Gasteiger partial charge in [-0.1, -0.05) is 13.8 Å². The maximum absolute atomic E-state index is 5.54. The molecule has 24 heavy (non-hydrogen) atoms. The first-order valence-electron chi connectivity index (χ1n) is 9.36. The molecule has 3 nitrogen and oxygen atoms in total. The van der Waals surface area contributed by atoms with E-state index in [1.165, 1.54) is 36.8 Å². The molecular formula is C21H33NO2. The molecule has 134 valence electrons. The molecule has 1 aromatic carbocycles. The Morgan fingerprint density at radius 2 is 1.83 bits per heavy atom. The lowest BCUT2D eigenvalue weighted by molar-refractivity contribution is 0.0821. The molecule has 4 unspecified atom stereocenters. The van der Waals surface area contributed by atoms with Crippen molar-refractivity contribution in [1.29, 1.82) is 0 Å². The van der Waals surface area contributed by atoms with Crippen LogP contribution >= 0.6 is 0 Å². The highest BCUT2D eigenvalue weighted by Crippen LogP contribution is 2.53. The molecule has 0 amide bonds. The van der Waals surface area contributed by atoms with Crippen LogP contribution in [0.15, 0.2) is 12.1 Å². The number of hydrogen-bond acceptors (Lipinski definition) is 3. The monoisotopic (exact) mass is 331 g/mol. The maximum atomic E-state index is 5.54. The van der Waals surface area contributed by atoms with Crippen molar-refractivity contribution in [3.63, 3.8) is 0 Å². The van der Waals surface area contributed by atoms with Gasteiger partial charge in [-0.15, -0.1) is 0 Å². The van der Waals surface area contributed by atoms with Crippen LogP contribution in [0.5, 0.6) is 11.5 Å². The van der Waals surface area contributed by atoms with Crippen molar-refractivity contribution in [2.24, 2.45) is 17.8 Å². The lowest BCUT2D eigenvalue weighted by atomic mass is 9.57. The second kappa shape index (κ2) is 6.59. The van der Waals surface area contributed by atoms with Gasteiger partial charge in [0.15, 0.2) is 11.5 Å². The first-order valence-corrected chi connectivity index (χ1v) is 9.36. The number of methoxy groups -OCH3 is 2. The second-order valence-corrected chi connectivity index (χ2v) is 8.34. The smallest absolute Gasteiger partial charge is 0.161 e. The van der Waals surface area contributed by atoms with Gasteiger partial charge in [-0.2, -0.15) is 0 Å². The third kappa shape index (κ3) is 2.92. The average molecular weight is 332 g/mol. The van der Waals surface area contributed by atoms with E-state index < -0.39 is 0 Å². The van der Waals surface area contributed by atoms with Crippen molar-refractivity contribution < 1.29 is 9.47 Å². The van der Waals surface area contributed by atoms with Gasteiger partial charge in [-0.05, 0) is 86.6 Å². The molecule has 3 heteroatoms. The Labute approximate surface area is 147 Å². The molecule has 0 aliphatic heterocycles. The van der Waals surface area contributed by atoms with Gasteiger partial charge >= 0.3 is 0 Å². The van der Waals surface area contributed by atoms with Crippen molar-refractivity contribution in [2.45, 2.75) is 57.9 Å². The molecule has 0 saturated heterocycles. The van der Waals surface area contributed by atoms with Gasteiger partial charge < -0.3 is 14.8 Å². The number of hydrogen-bond donors (Lipinski definition) is 1. The first-order chi connectivity index (χ1) is 11.4.